The lowest BCUT2D eigenvalue weighted by Gasteiger charge is -2.31. The van der Waals surface area contributed by atoms with Gasteiger partial charge in [0.1, 0.15) is 11.5 Å². The van der Waals surface area contributed by atoms with Gasteiger partial charge in [-0.05, 0) is 23.8 Å². The van der Waals surface area contributed by atoms with Gasteiger partial charge in [0.25, 0.3) is 0 Å². The minimum Gasteiger partial charge on any atom is -0.872 e. The molecule has 5 heteroatoms. The van der Waals surface area contributed by atoms with Gasteiger partial charge in [-0.2, -0.15) is 0 Å². The molecule has 0 radical (unpaired) electrons. The van der Waals surface area contributed by atoms with E-state index in [0.717, 1.165) is 0 Å². The first-order valence-electron chi connectivity index (χ1n) is 7.66. The monoisotopic (exact) mass is 332 g/mol. The number of carboxylic acids is 1. The maximum Gasteiger partial charge on any atom is 0.335 e. The lowest BCUT2D eigenvalue weighted by atomic mass is 9.80. The molecular weight excluding hydrogens is 320 g/mol. The van der Waals surface area contributed by atoms with E-state index in [1.165, 1.54) is 30.3 Å². The van der Waals surface area contributed by atoms with Gasteiger partial charge in [0, 0.05) is 17.0 Å². The second kappa shape index (κ2) is 5.56. The van der Waals surface area contributed by atoms with Crippen LogP contribution in [0.4, 0.5) is 0 Å². The first-order chi connectivity index (χ1) is 12.0. The standard InChI is InChI=1S/C20H14O5/c21-11-5-7-15-17(9-11)25-18-10-12(22)6-8-16(18)19(15)13-3-1-2-4-14(13)20(23)24/h1-10,19,21-22H,(H,23,24)/p-2. The van der Waals surface area contributed by atoms with Gasteiger partial charge in [0.15, 0.2) is 0 Å². The molecular formula is C20H12O5-2. The predicted molar refractivity (Wildman–Crippen MR) is 86.2 cm³/mol. The lowest BCUT2D eigenvalue weighted by Crippen LogP contribution is -2.15. The molecule has 0 bridgehead atoms. The largest absolute Gasteiger partial charge is 0.872 e. The van der Waals surface area contributed by atoms with Gasteiger partial charge in [0.05, 0.1) is 5.56 Å². The fraction of sp³-hybridized carbons (Fsp3) is 0.0500. The quantitative estimate of drug-likeness (QED) is 0.609. The zero-order valence-corrected chi connectivity index (χ0v) is 12.9. The fourth-order valence-electron chi connectivity index (χ4n) is 3.25. The van der Waals surface area contributed by atoms with Crippen LogP contribution in [0.25, 0.3) is 0 Å². The average molecular weight is 332 g/mol. The summed E-state index contributed by atoms with van der Waals surface area (Å²) in [4.78, 5) is 11.7. The number of benzene rings is 3. The molecule has 1 aliphatic rings. The zero-order chi connectivity index (χ0) is 17.6. The Morgan fingerprint density at radius 1 is 0.840 bits per heavy atom. The molecule has 124 valence electrons. The molecule has 0 amide bonds. The van der Waals surface area contributed by atoms with Crippen LogP contribution in [0.15, 0.2) is 60.7 Å². The van der Waals surface area contributed by atoms with Crippen molar-refractivity contribution in [2.75, 3.05) is 0 Å². The number of ether oxygens (including phenoxy) is 1. The number of carbonyl (C=O) groups is 1. The molecule has 1 aliphatic heterocycles. The Bertz CT molecular complexity index is 942. The third-order valence-electron chi connectivity index (χ3n) is 4.31. The molecule has 0 saturated heterocycles. The average Bonchev–Trinajstić information content (AvgIpc) is 2.59. The molecule has 1 heterocycles. The molecule has 1 N–H and O–H groups in total. The van der Waals surface area contributed by atoms with Crippen molar-refractivity contribution in [2.24, 2.45) is 0 Å². The highest BCUT2D eigenvalue weighted by atomic mass is 16.5. The number of rotatable bonds is 2. The van der Waals surface area contributed by atoms with Gasteiger partial charge in [0.2, 0.25) is 0 Å². The van der Waals surface area contributed by atoms with E-state index in [4.69, 9.17) is 4.74 Å². The second-order valence-electron chi connectivity index (χ2n) is 5.83. The summed E-state index contributed by atoms with van der Waals surface area (Å²) in [6.07, 6.45) is 0. The van der Waals surface area contributed by atoms with Crippen molar-refractivity contribution in [1.29, 1.82) is 0 Å². The summed E-state index contributed by atoms with van der Waals surface area (Å²) >= 11 is 0. The summed E-state index contributed by atoms with van der Waals surface area (Å²) in [5.41, 5.74) is 2.14. The molecule has 0 unspecified atom stereocenters. The third-order valence-corrected chi connectivity index (χ3v) is 4.31. The molecule has 0 atom stereocenters. The summed E-state index contributed by atoms with van der Waals surface area (Å²) < 4.78 is 5.74. The molecule has 5 nitrogen and oxygen atoms in total. The summed E-state index contributed by atoms with van der Waals surface area (Å²) in [6.45, 7) is 0. The summed E-state index contributed by atoms with van der Waals surface area (Å²) in [5.74, 6) is -1.22. The second-order valence-corrected chi connectivity index (χ2v) is 5.83. The van der Waals surface area contributed by atoms with Gasteiger partial charge >= 0.3 is 5.97 Å². The first-order valence-corrected chi connectivity index (χ1v) is 7.66. The normalized spacial score (nSPS) is 12.8. The molecule has 3 aromatic rings. The van der Waals surface area contributed by atoms with E-state index in [-0.39, 0.29) is 17.1 Å². The van der Waals surface area contributed by atoms with E-state index in [2.05, 4.69) is 0 Å². The number of hydrogen-bond donors (Lipinski definition) is 1. The van der Waals surface area contributed by atoms with Crippen LogP contribution in [0.5, 0.6) is 23.0 Å². The molecule has 4 rings (SSSR count). The predicted octanol–water partition coefficient (Wildman–Crippen LogP) is 2.82. The van der Waals surface area contributed by atoms with E-state index in [1.807, 2.05) is 0 Å². The smallest absolute Gasteiger partial charge is 0.335 e. The van der Waals surface area contributed by atoms with Crippen LogP contribution >= 0.6 is 0 Å². The van der Waals surface area contributed by atoms with Crippen LogP contribution < -0.4 is 14.9 Å². The molecule has 0 spiro atoms. The molecule has 0 aliphatic carbocycles. The number of fused-ring (bicyclic) bond motifs is 2. The molecule has 0 saturated carbocycles. The molecule has 0 fully saturated rings. The van der Waals surface area contributed by atoms with Crippen molar-refractivity contribution in [3.05, 3.63) is 82.9 Å². The Kier molecular flexibility index (Phi) is 3.35. The first kappa shape index (κ1) is 15.1. The molecule has 25 heavy (non-hydrogen) atoms. The Labute approximate surface area is 143 Å². The van der Waals surface area contributed by atoms with E-state index in [0.29, 0.717) is 28.2 Å². The maximum atomic E-state index is 11.7. The Balaban J connectivity index is 2.01. The van der Waals surface area contributed by atoms with E-state index < -0.39 is 11.9 Å². The van der Waals surface area contributed by atoms with Crippen LogP contribution in [-0.4, -0.2) is 11.1 Å². The van der Waals surface area contributed by atoms with Crippen molar-refractivity contribution in [3.63, 3.8) is 0 Å². The van der Waals surface area contributed by atoms with Crippen LogP contribution in [0.3, 0.4) is 0 Å². The Morgan fingerprint density at radius 2 is 1.40 bits per heavy atom. The van der Waals surface area contributed by atoms with Gasteiger partial charge < -0.3 is 20.1 Å². The maximum absolute atomic E-state index is 11.7. The third kappa shape index (κ3) is 2.46. The number of hydrogen-bond acceptors (Lipinski definition) is 4. The van der Waals surface area contributed by atoms with Gasteiger partial charge in [-0.25, -0.2) is 4.79 Å². The highest BCUT2D eigenvalue weighted by Gasteiger charge is 2.30. The summed E-state index contributed by atoms with van der Waals surface area (Å²) in [5, 5.41) is 33.0. The van der Waals surface area contributed by atoms with Gasteiger partial charge in [-0.15, -0.1) is 11.5 Å². The minimum atomic E-state index is -1.04. The minimum absolute atomic E-state index is 0.170. The number of carboxylic acid groups (broad SMARTS) is 1. The topological polar surface area (TPSA) is 92.7 Å². The van der Waals surface area contributed by atoms with Crippen molar-refractivity contribution >= 4 is 5.97 Å². The lowest BCUT2D eigenvalue weighted by molar-refractivity contribution is -0.268. The van der Waals surface area contributed by atoms with Gasteiger partial charge in [-0.3, -0.25) is 0 Å². The zero-order valence-electron chi connectivity index (χ0n) is 12.9. The van der Waals surface area contributed by atoms with E-state index in [1.54, 1.807) is 30.3 Å². The van der Waals surface area contributed by atoms with Crippen LogP contribution in [0.1, 0.15) is 33.0 Å². The van der Waals surface area contributed by atoms with E-state index >= 15 is 0 Å². The molecule has 0 aromatic heterocycles. The summed E-state index contributed by atoms with van der Waals surface area (Å²) in [7, 11) is 0. The van der Waals surface area contributed by atoms with Crippen LogP contribution in [0, 0.1) is 0 Å². The van der Waals surface area contributed by atoms with Crippen molar-refractivity contribution in [3.8, 4) is 23.0 Å². The highest BCUT2D eigenvalue weighted by molar-refractivity contribution is 5.90. The van der Waals surface area contributed by atoms with Crippen molar-refractivity contribution in [1.82, 2.24) is 0 Å². The molecule has 3 aromatic carbocycles. The Hall–Kier alpha value is -3.47. The van der Waals surface area contributed by atoms with Crippen molar-refractivity contribution in [2.45, 2.75) is 5.92 Å². The summed E-state index contributed by atoms with van der Waals surface area (Å²) in [6, 6.07) is 15.6. The van der Waals surface area contributed by atoms with E-state index in [9.17, 15) is 20.1 Å². The van der Waals surface area contributed by atoms with Crippen LogP contribution in [-0.2, 0) is 0 Å². The SMILES string of the molecule is O=C(O)c1ccccc1C1c2ccc([O-])cc2Oc2cc([O-])ccc21. The highest BCUT2D eigenvalue weighted by Crippen LogP contribution is 2.49. The fourth-order valence-corrected chi connectivity index (χ4v) is 3.25. The van der Waals surface area contributed by atoms with Gasteiger partial charge in [-0.1, -0.05) is 42.5 Å². The number of aromatic carboxylic acids is 1. The van der Waals surface area contributed by atoms with Crippen LogP contribution in [0.2, 0.25) is 0 Å². The Morgan fingerprint density at radius 3 is 1.96 bits per heavy atom. The van der Waals surface area contributed by atoms with Crippen molar-refractivity contribution < 1.29 is 24.9 Å².